The van der Waals surface area contributed by atoms with Crippen molar-refractivity contribution in [3.8, 4) is 0 Å². The molecule has 2 unspecified atom stereocenters. The molecule has 0 aliphatic rings. The second kappa shape index (κ2) is 39.8. The summed E-state index contributed by atoms with van der Waals surface area (Å²) >= 11 is 0. The molecule has 0 aromatic rings. The van der Waals surface area contributed by atoms with Gasteiger partial charge in [-0.25, -0.2) is 4.79 Å². The number of esters is 2. The number of rotatable bonds is 43. The summed E-state index contributed by atoms with van der Waals surface area (Å²) in [5, 5.41) is 9.63. The van der Waals surface area contributed by atoms with E-state index in [1.165, 1.54) is 148 Å². The fourth-order valence-corrected chi connectivity index (χ4v) is 6.60. The molecular weight excluding hydrogens is 707 g/mol. The van der Waals surface area contributed by atoms with Crippen LogP contribution in [0.25, 0.3) is 0 Å². The van der Waals surface area contributed by atoms with Gasteiger partial charge in [0.25, 0.3) is 6.29 Å². The van der Waals surface area contributed by atoms with Crippen molar-refractivity contribution in [2.24, 2.45) is 0 Å². The lowest BCUT2D eigenvalue weighted by Gasteiger charge is -2.25. The number of aliphatic carboxylic acids is 1. The van der Waals surface area contributed by atoms with Gasteiger partial charge >= 0.3 is 17.9 Å². The number of quaternary nitrogens is 1. The van der Waals surface area contributed by atoms with E-state index in [0.29, 0.717) is 17.4 Å². The Bertz CT molecular complexity index is 934. The molecule has 330 valence electrons. The molecule has 0 saturated carbocycles. The minimum atomic E-state index is -1.50. The van der Waals surface area contributed by atoms with E-state index >= 15 is 0 Å². The number of hydrogen-bond acceptors (Lipinski definition) is 7. The number of allylic oxidation sites excluding steroid dienone is 2. The SMILES string of the molecule is CCCCCCCC/C=C\CCCCCCCCCCCC(=O)OC(COC(=O)CCCCCCCCCCCCCC)COC(OCC[N+](C)(C)C)C(=O)O. The summed E-state index contributed by atoms with van der Waals surface area (Å²) in [5.41, 5.74) is 0. The fourth-order valence-electron chi connectivity index (χ4n) is 6.60. The Morgan fingerprint density at radius 2 is 0.911 bits per heavy atom. The third kappa shape index (κ3) is 40.2. The first-order chi connectivity index (χ1) is 27.1. The Kier molecular flexibility index (Phi) is 38.4. The van der Waals surface area contributed by atoms with E-state index in [9.17, 15) is 19.5 Å². The highest BCUT2D eigenvalue weighted by Crippen LogP contribution is 2.15. The summed E-state index contributed by atoms with van der Waals surface area (Å²) in [6.45, 7) is 4.88. The van der Waals surface area contributed by atoms with Crippen molar-refractivity contribution in [3.05, 3.63) is 12.2 Å². The average Bonchev–Trinajstić information content (AvgIpc) is 3.15. The average molecular weight is 797 g/mol. The molecule has 0 spiro atoms. The summed E-state index contributed by atoms with van der Waals surface area (Å²) in [5.74, 6) is -2.00. The third-order valence-corrected chi connectivity index (χ3v) is 10.3. The van der Waals surface area contributed by atoms with Gasteiger partial charge in [-0.05, 0) is 38.5 Å². The predicted octanol–water partition coefficient (Wildman–Crippen LogP) is 12.3. The normalized spacial score (nSPS) is 12.9. The molecule has 1 N–H and O–H groups in total. The van der Waals surface area contributed by atoms with Gasteiger partial charge in [0.05, 0.1) is 34.4 Å². The van der Waals surface area contributed by atoms with Crippen molar-refractivity contribution in [3.63, 3.8) is 0 Å². The lowest BCUT2D eigenvalue weighted by Crippen LogP contribution is -2.40. The molecule has 0 aromatic heterocycles. The van der Waals surface area contributed by atoms with Crippen molar-refractivity contribution >= 4 is 17.9 Å². The van der Waals surface area contributed by atoms with Gasteiger partial charge in [0.1, 0.15) is 13.2 Å². The van der Waals surface area contributed by atoms with Gasteiger partial charge in [0.15, 0.2) is 6.10 Å². The van der Waals surface area contributed by atoms with Gasteiger partial charge in [-0.15, -0.1) is 0 Å². The van der Waals surface area contributed by atoms with Crippen LogP contribution in [-0.2, 0) is 33.3 Å². The molecule has 0 bridgehead atoms. The number of carbonyl (C=O) groups excluding carboxylic acids is 2. The highest BCUT2D eigenvalue weighted by Gasteiger charge is 2.25. The second-order valence-corrected chi connectivity index (χ2v) is 17.1. The molecule has 0 rings (SSSR count). The molecule has 0 radical (unpaired) electrons. The van der Waals surface area contributed by atoms with Crippen molar-refractivity contribution < 1.29 is 42.9 Å². The van der Waals surface area contributed by atoms with Crippen LogP contribution in [-0.4, -0.2) is 87.4 Å². The second-order valence-electron chi connectivity index (χ2n) is 17.1. The van der Waals surface area contributed by atoms with Crippen LogP contribution in [0.2, 0.25) is 0 Å². The standard InChI is InChI=1S/C47H89NO8/c1-6-8-10-12-14-16-18-20-21-22-23-24-25-26-28-30-32-34-36-38-45(50)56-43(42-55-47(46(51)52)53-40-39-48(3,4)5)41-54-44(49)37-35-33-31-29-27-19-17-15-13-11-9-7-2/h20-21,43,47H,6-19,22-42H2,1-5H3/p+1/b21-20-. The molecule has 0 aromatic carbocycles. The fraction of sp³-hybridized carbons (Fsp3) is 0.894. The van der Waals surface area contributed by atoms with Crippen LogP contribution in [0.4, 0.5) is 0 Å². The molecule has 0 amide bonds. The molecule has 2 atom stereocenters. The topological polar surface area (TPSA) is 108 Å². The molecule has 9 nitrogen and oxygen atoms in total. The van der Waals surface area contributed by atoms with Gasteiger partial charge in [0, 0.05) is 12.8 Å². The smallest absolute Gasteiger partial charge is 0.361 e. The van der Waals surface area contributed by atoms with Gasteiger partial charge in [0.2, 0.25) is 0 Å². The monoisotopic (exact) mass is 797 g/mol. The number of nitrogens with zero attached hydrogens (tertiary/aromatic N) is 1. The Hall–Kier alpha value is -1.97. The van der Waals surface area contributed by atoms with E-state index in [1.807, 2.05) is 21.1 Å². The summed E-state index contributed by atoms with van der Waals surface area (Å²) < 4.78 is 22.7. The van der Waals surface area contributed by atoms with Crippen LogP contribution in [0.15, 0.2) is 12.2 Å². The summed E-state index contributed by atoms with van der Waals surface area (Å²) in [7, 11) is 5.96. The van der Waals surface area contributed by atoms with E-state index in [0.717, 1.165) is 38.5 Å². The van der Waals surface area contributed by atoms with Gasteiger partial charge < -0.3 is 28.5 Å². The summed E-state index contributed by atoms with van der Waals surface area (Å²) in [6, 6.07) is 0. The van der Waals surface area contributed by atoms with Gasteiger partial charge in [-0.2, -0.15) is 0 Å². The number of carbonyl (C=O) groups is 3. The van der Waals surface area contributed by atoms with E-state index in [-0.39, 0.29) is 32.2 Å². The largest absolute Gasteiger partial charge is 0.477 e. The zero-order chi connectivity index (χ0) is 41.4. The minimum Gasteiger partial charge on any atom is -0.477 e. The first kappa shape index (κ1) is 54.0. The van der Waals surface area contributed by atoms with E-state index in [4.69, 9.17) is 18.9 Å². The van der Waals surface area contributed by atoms with Gasteiger partial charge in [-0.3, -0.25) is 9.59 Å². The first-order valence-electron chi connectivity index (χ1n) is 23.4. The van der Waals surface area contributed by atoms with Gasteiger partial charge in [-0.1, -0.05) is 174 Å². The van der Waals surface area contributed by atoms with Crippen molar-refractivity contribution in [2.45, 2.75) is 225 Å². The van der Waals surface area contributed by atoms with E-state index < -0.39 is 24.3 Å². The number of likely N-dealkylation sites (N-methyl/N-ethyl adjacent to an activating group) is 1. The van der Waals surface area contributed by atoms with Crippen molar-refractivity contribution in [2.75, 3.05) is 47.5 Å². The highest BCUT2D eigenvalue weighted by molar-refractivity contribution is 5.71. The molecule has 9 heteroatoms. The molecule has 56 heavy (non-hydrogen) atoms. The van der Waals surface area contributed by atoms with Crippen LogP contribution in [0.3, 0.4) is 0 Å². The molecule has 0 aliphatic carbocycles. The third-order valence-electron chi connectivity index (χ3n) is 10.3. The Morgan fingerprint density at radius 3 is 1.32 bits per heavy atom. The lowest BCUT2D eigenvalue weighted by atomic mass is 10.0. The maximum Gasteiger partial charge on any atom is 0.361 e. The maximum atomic E-state index is 12.8. The molecule has 0 fully saturated rings. The molecule has 0 aliphatic heterocycles. The molecule has 0 saturated heterocycles. The predicted molar refractivity (Wildman–Crippen MR) is 231 cm³/mol. The summed E-state index contributed by atoms with van der Waals surface area (Å²) in [4.78, 5) is 37.1. The molecule has 0 heterocycles. The minimum absolute atomic E-state index is 0.177. The maximum absolute atomic E-state index is 12.8. The van der Waals surface area contributed by atoms with E-state index in [1.54, 1.807) is 0 Å². The van der Waals surface area contributed by atoms with Crippen LogP contribution in [0.5, 0.6) is 0 Å². The molecular formula is C47H90NO8+. The number of hydrogen-bond donors (Lipinski definition) is 1. The first-order valence-corrected chi connectivity index (χ1v) is 23.4. The number of ether oxygens (including phenoxy) is 4. The Labute approximate surface area is 345 Å². The quantitative estimate of drug-likeness (QED) is 0.0214. The Morgan fingerprint density at radius 1 is 0.518 bits per heavy atom. The van der Waals surface area contributed by atoms with Crippen LogP contribution in [0, 0.1) is 0 Å². The highest BCUT2D eigenvalue weighted by atomic mass is 16.7. The van der Waals surface area contributed by atoms with Crippen molar-refractivity contribution in [1.29, 1.82) is 0 Å². The zero-order valence-corrected chi connectivity index (χ0v) is 37.3. The van der Waals surface area contributed by atoms with E-state index in [2.05, 4.69) is 26.0 Å². The van der Waals surface area contributed by atoms with Crippen molar-refractivity contribution in [1.82, 2.24) is 0 Å². The number of carboxylic acid groups (broad SMARTS) is 1. The summed E-state index contributed by atoms with van der Waals surface area (Å²) in [6.07, 6.45) is 38.4. The number of carboxylic acids is 1. The lowest BCUT2D eigenvalue weighted by molar-refractivity contribution is -0.870. The van der Waals surface area contributed by atoms with Crippen LogP contribution < -0.4 is 0 Å². The number of unbranched alkanes of at least 4 members (excludes halogenated alkanes) is 26. The van der Waals surface area contributed by atoms with Crippen LogP contribution in [0.1, 0.15) is 213 Å². The van der Waals surface area contributed by atoms with Crippen LogP contribution >= 0.6 is 0 Å². The zero-order valence-electron chi connectivity index (χ0n) is 37.3. The Balaban J connectivity index is 4.36.